The average molecular weight is 240 g/mol. The molecule has 0 bridgehead atoms. The van der Waals surface area contributed by atoms with Crippen LogP contribution in [0.3, 0.4) is 0 Å². The second-order valence-corrected chi connectivity index (χ2v) is 3.22. The molecule has 1 aromatic carbocycles. The monoisotopic (exact) mass is 240 g/mol. The Morgan fingerprint density at radius 1 is 1.29 bits per heavy atom. The maximum atomic E-state index is 13.6. The number of nitrogens with zero attached hydrogens (tertiary/aromatic N) is 1. The molecular formula is C10H6F2N2O3. The van der Waals surface area contributed by atoms with Crippen molar-refractivity contribution in [2.45, 2.75) is 0 Å². The Hall–Kier alpha value is -2.44. The first kappa shape index (κ1) is 11.1. The standard InChI is InChI=1S/C10H6F2N2O3/c11-7-2-5(10(15)16)8(12)1-4(7)6-3-14-17-9(6)13/h1-3H,13H2,(H,15,16). The molecule has 0 saturated heterocycles. The molecule has 3 N–H and O–H groups in total. The highest BCUT2D eigenvalue weighted by Crippen LogP contribution is 2.29. The lowest BCUT2D eigenvalue weighted by molar-refractivity contribution is 0.0691. The van der Waals surface area contributed by atoms with Crippen LogP contribution in [-0.4, -0.2) is 16.2 Å². The highest BCUT2D eigenvalue weighted by Gasteiger charge is 2.18. The molecule has 2 rings (SSSR count). The molecule has 88 valence electrons. The molecule has 7 heteroatoms. The van der Waals surface area contributed by atoms with Crippen LogP contribution in [0.15, 0.2) is 22.9 Å². The lowest BCUT2D eigenvalue weighted by atomic mass is 10.1. The van der Waals surface area contributed by atoms with Gasteiger partial charge in [0.1, 0.15) is 11.6 Å². The normalized spacial score (nSPS) is 10.5. The molecule has 0 aliphatic heterocycles. The second kappa shape index (κ2) is 3.85. The van der Waals surface area contributed by atoms with E-state index in [-0.39, 0.29) is 17.0 Å². The molecule has 1 heterocycles. The fourth-order valence-electron chi connectivity index (χ4n) is 1.37. The van der Waals surface area contributed by atoms with Crippen molar-refractivity contribution in [3.63, 3.8) is 0 Å². The fraction of sp³-hybridized carbons (Fsp3) is 0. The van der Waals surface area contributed by atoms with Gasteiger partial charge in [-0.05, 0) is 12.1 Å². The van der Waals surface area contributed by atoms with Crippen LogP contribution in [0.2, 0.25) is 0 Å². The summed E-state index contributed by atoms with van der Waals surface area (Å²) in [5.74, 6) is -3.70. The molecule has 0 atom stereocenters. The summed E-state index contributed by atoms with van der Waals surface area (Å²) < 4.78 is 31.5. The third-order valence-electron chi connectivity index (χ3n) is 2.18. The van der Waals surface area contributed by atoms with Crippen LogP contribution >= 0.6 is 0 Å². The average Bonchev–Trinajstić information content (AvgIpc) is 2.67. The van der Waals surface area contributed by atoms with Crippen LogP contribution in [0.25, 0.3) is 11.1 Å². The van der Waals surface area contributed by atoms with Gasteiger partial charge in [-0.3, -0.25) is 0 Å². The van der Waals surface area contributed by atoms with E-state index in [1.54, 1.807) is 0 Å². The molecule has 0 aliphatic rings. The van der Waals surface area contributed by atoms with Crippen LogP contribution in [0.5, 0.6) is 0 Å². The number of aromatic carboxylic acids is 1. The summed E-state index contributed by atoms with van der Waals surface area (Å²) >= 11 is 0. The summed E-state index contributed by atoms with van der Waals surface area (Å²) in [5, 5.41) is 11.9. The minimum absolute atomic E-state index is 0.0679. The van der Waals surface area contributed by atoms with Gasteiger partial charge >= 0.3 is 5.97 Å². The Bertz CT molecular complexity index is 595. The number of carbonyl (C=O) groups is 1. The van der Waals surface area contributed by atoms with Gasteiger partial charge in [0, 0.05) is 5.56 Å². The molecule has 0 amide bonds. The number of rotatable bonds is 2. The Morgan fingerprint density at radius 3 is 2.53 bits per heavy atom. The SMILES string of the molecule is Nc1oncc1-c1cc(F)c(C(=O)O)cc1F. The Morgan fingerprint density at radius 2 is 2.00 bits per heavy atom. The van der Waals surface area contributed by atoms with Gasteiger partial charge in [0.2, 0.25) is 5.88 Å². The summed E-state index contributed by atoms with van der Waals surface area (Å²) in [7, 11) is 0. The van der Waals surface area contributed by atoms with E-state index >= 15 is 0 Å². The minimum atomic E-state index is -1.55. The van der Waals surface area contributed by atoms with E-state index in [4.69, 9.17) is 10.8 Å². The van der Waals surface area contributed by atoms with Crippen LogP contribution in [0, 0.1) is 11.6 Å². The molecule has 17 heavy (non-hydrogen) atoms. The maximum Gasteiger partial charge on any atom is 0.338 e. The summed E-state index contributed by atoms with van der Waals surface area (Å²) in [6.45, 7) is 0. The molecule has 0 fully saturated rings. The molecule has 5 nitrogen and oxygen atoms in total. The summed E-state index contributed by atoms with van der Waals surface area (Å²) in [5.41, 5.74) is 4.47. The van der Waals surface area contributed by atoms with E-state index in [0.29, 0.717) is 6.07 Å². The molecule has 0 unspecified atom stereocenters. The lowest BCUT2D eigenvalue weighted by Gasteiger charge is -2.03. The predicted molar refractivity (Wildman–Crippen MR) is 53.2 cm³/mol. The van der Waals surface area contributed by atoms with Gasteiger partial charge in [-0.15, -0.1) is 0 Å². The van der Waals surface area contributed by atoms with Crippen molar-refractivity contribution < 1.29 is 23.2 Å². The van der Waals surface area contributed by atoms with Gasteiger partial charge in [0.05, 0.1) is 17.3 Å². The largest absolute Gasteiger partial charge is 0.478 e. The van der Waals surface area contributed by atoms with Crippen LogP contribution in [0.4, 0.5) is 14.7 Å². The van der Waals surface area contributed by atoms with E-state index in [9.17, 15) is 13.6 Å². The van der Waals surface area contributed by atoms with Gasteiger partial charge in [0.25, 0.3) is 0 Å². The van der Waals surface area contributed by atoms with E-state index in [1.807, 2.05) is 0 Å². The number of hydrogen-bond acceptors (Lipinski definition) is 4. The smallest absolute Gasteiger partial charge is 0.338 e. The van der Waals surface area contributed by atoms with Gasteiger partial charge in [-0.1, -0.05) is 5.16 Å². The van der Waals surface area contributed by atoms with E-state index in [2.05, 4.69) is 9.68 Å². The number of anilines is 1. The number of nitrogen functional groups attached to an aromatic ring is 1. The van der Waals surface area contributed by atoms with E-state index in [0.717, 1.165) is 12.3 Å². The van der Waals surface area contributed by atoms with Gasteiger partial charge in [-0.2, -0.15) is 0 Å². The number of halogens is 2. The van der Waals surface area contributed by atoms with Crippen molar-refractivity contribution in [2.24, 2.45) is 0 Å². The van der Waals surface area contributed by atoms with Crippen molar-refractivity contribution >= 4 is 11.9 Å². The van der Waals surface area contributed by atoms with Gasteiger partial charge in [0.15, 0.2) is 0 Å². The lowest BCUT2D eigenvalue weighted by Crippen LogP contribution is -2.02. The molecular weight excluding hydrogens is 234 g/mol. The van der Waals surface area contributed by atoms with Crippen molar-refractivity contribution in [1.82, 2.24) is 5.16 Å². The molecule has 0 radical (unpaired) electrons. The number of carboxylic acid groups (broad SMARTS) is 1. The van der Waals surface area contributed by atoms with Crippen LogP contribution in [0.1, 0.15) is 10.4 Å². The van der Waals surface area contributed by atoms with Crippen molar-refractivity contribution in [2.75, 3.05) is 5.73 Å². The van der Waals surface area contributed by atoms with Crippen LogP contribution in [-0.2, 0) is 0 Å². The molecule has 0 saturated carbocycles. The number of carboxylic acids is 1. The van der Waals surface area contributed by atoms with Gasteiger partial charge in [-0.25, -0.2) is 13.6 Å². The van der Waals surface area contributed by atoms with E-state index in [1.165, 1.54) is 0 Å². The molecule has 1 aromatic heterocycles. The fourth-order valence-corrected chi connectivity index (χ4v) is 1.37. The first-order valence-corrected chi connectivity index (χ1v) is 4.43. The summed E-state index contributed by atoms with van der Waals surface area (Å²) in [6.07, 6.45) is 1.12. The van der Waals surface area contributed by atoms with E-state index < -0.39 is 23.2 Å². The minimum Gasteiger partial charge on any atom is -0.478 e. The highest BCUT2D eigenvalue weighted by molar-refractivity contribution is 5.89. The van der Waals surface area contributed by atoms with Crippen molar-refractivity contribution in [3.05, 3.63) is 35.5 Å². The Balaban J connectivity index is 2.62. The maximum absolute atomic E-state index is 13.6. The Kier molecular flexibility index (Phi) is 2.51. The predicted octanol–water partition coefficient (Wildman–Crippen LogP) is 1.90. The second-order valence-electron chi connectivity index (χ2n) is 3.22. The third-order valence-corrected chi connectivity index (χ3v) is 2.18. The topological polar surface area (TPSA) is 89.4 Å². The zero-order valence-corrected chi connectivity index (χ0v) is 8.28. The highest BCUT2D eigenvalue weighted by atomic mass is 19.1. The quantitative estimate of drug-likeness (QED) is 0.836. The summed E-state index contributed by atoms with van der Waals surface area (Å²) in [6, 6.07) is 1.32. The zero-order chi connectivity index (χ0) is 12.6. The first-order valence-electron chi connectivity index (χ1n) is 4.43. The molecule has 0 aliphatic carbocycles. The zero-order valence-electron chi connectivity index (χ0n) is 8.28. The Labute approximate surface area is 93.4 Å². The molecule has 0 spiro atoms. The number of aromatic nitrogens is 1. The van der Waals surface area contributed by atoms with Crippen molar-refractivity contribution in [3.8, 4) is 11.1 Å². The number of nitrogens with two attached hydrogens (primary N) is 1. The van der Waals surface area contributed by atoms with Crippen LogP contribution < -0.4 is 5.73 Å². The number of benzene rings is 1. The summed E-state index contributed by atoms with van der Waals surface area (Å²) in [4.78, 5) is 10.6. The third kappa shape index (κ3) is 1.82. The van der Waals surface area contributed by atoms with Gasteiger partial charge < -0.3 is 15.4 Å². The number of hydrogen-bond donors (Lipinski definition) is 2. The first-order chi connectivity index (χ1) is 8.00. The molecule has 2 aromatic rings. The van der Waals surface area contributed by atoms with Crippen molar-refractivity contribution in [1.29, 1.82) is 0 Å².